The van der Waals surface area contributed by atoms with E-state index in [0.29, 0.717) is 24.6 Å². The number of hydrogen-bond donors (Lipinski definition) is 0. The van der Waals surface area contributed by atoms with E-state index in [-0.39, 0.29) is 24.0 Å². The van der Waals surface area contributed by atoms with Gasteiger partial charge < -0.3 is 14.5 Å². The summed E-state index contributed by atoms with van der Waals surface area (Å²) in [4.78, 5) is 25.6. The van der Waals surface area contributed by atoms with Gasteiger partial charge in [-0.15, -0.1) is 13.2 Å². The molecule has 2 heterocycles. The van der Waals surface area contributed by atoms with Crippen molar-refractivity contribution in [3.63, 3.8) is 0 Å². The Morgan fingerprint density at radius 2 is 1.77 bits per heavy atom. The fraction of sp³-hybridized carbons (Fsp3) is 0.346. The van der Waals surface area contributed by atoms with Gasteiger partial charge in [-0.2, -0.15) is 0 Å². The number of ether oxygens (including phenoxy) is 1. The number of nitrogens with zero attached hydrogens (tertiary/aromatic N) is 4. The molecule has 1 atom stereocenters. The molecule has 1 aromatic heterocycles. The molecule has 1 aliphatic rings. The summed E-state index contributed by atoms with van der Waals surface area (Å²) in [6, 6.07) is 13.6. The lowest BCUT2D eigenvalue weighted by atomic mass is 9.86. The van der Waals surface area contributed by atoms with Gasteiger partial charge in [-0.3, -0.25) is 4.79 Å². The molecule has 3 aromatic rings. The van der Waals surface area contributed by atoms with Gasteiger partial charge in [0.15, 0.2) is 0 Å². The van der Waals surface area contributed by atoms with Crippen molar-refractivity contribution >= 4 is 11.9 Å². The first-order chi connectivity index (χ1) is 16.7. The van der Waals surface area contributed by atoms with Crippen LogP contribution in [0.25, 0.3) is 11.1 Å². The predicted octanol–water partition coefficient (Wildman–Crippen LogP) is 5.06. The molecule has 9 heteroatoms. The van der Waals surface area contributed by atoms with E-state index in [1.54, 1.807) is 0 Å². The molecule has 1 fully saturated rings. The summed E-state index contributed by atoms with van der Waals surface area (Å²) in [5, 5.41) is 0. The molecule has 1 amide bonds. The molecule has 1 aliphatic heterocycles. The number of amides is 1. The molecule has 1 unspecified atom stereocenters. The Bertz CT molecular complexity index is 1150. The number of anilines is 1. The lowest BCUT2D eigenvalue weighted by Crippen LogP contribution is -2.40. The third-order valence-electron chi connectivity index (χ3n) is 6.04. The Balaban J connectivity index is 1.45. The molecule has 4 rings (SSSR count). The number of alkyl halides is 3. The molecule has 0 aliphatic carbocycles. The third kappa shape index (κ3) is 6.29. The van der Waals surface area contributed by atoms with Crippen LogP contribution in [0.4, 0.5) is 19.1 Å². The van der Waals surface area contributed by atoms with Gasteiger partial charge in [0, 0.05) is 51.1 Å². The minimum atomic E-state index is -4.74. The number of halogens is 3. The topological polar surface area (TPSA) is 58.6 Å². The van der Waals surface area contributed by atoms with Crippen molar-refractivity contribution < 1.29 is 22.7 Å². The monoisotopic (exact) mass is 484 g/mol. The molecule has 35 heavy (non-hydrogen) atoms. The van der Waals surface area contributed by atoms with Crippen molar-refractivity contribution in [3.8, 4) is 16.9 Å². The first kappa shape index (κ1) is 24.5. The van der Waals surface area contributed by atoms with Crippen molar-refractivity contribution in [2.75, 3.05) is 32.1 Å². The summed E-state index contributed by atoms with van der Waals surface area (Å²) in [6.07, 6.45) is 0.857. The Labute approximate surface area is 202 Å². The number of likely N-dealkylation sites (tertiary alicyclic amines) is 1. The fourth-order valence-electron chi connectivity index (χ4n) is 4.36. The Morgan fingerprint density at radius 3 is 2.43 bits per heavy atom. The van der Waals surface area contributed by atoms with Crippen LogP contribution in [0, 0.1) is 0 Å². The van der Waals surface area contributed by atoms with Gasteiger partial charge in [-0.1, -0.05) is 36.4 Å². The van der Waals surface area contributed by atoms with E-state index >= 15 is 0 Å². The van der Waals surface area contributed by atoms with Gasteiger partial charge in [0.05, 0.1) is 6.42 Å². The van der Waals surface area contributed by atoms with Gasteiger partial charge >= 0.3 is 6.36 Å². The predicted molar refractivity (Wildman–Crippen MR) is 127 cm³/mol. The van der Waals surface area contributed by atoms with Crippen molar-refractivity contribution in [2.24, 2.45) is 0 Å². The van der Waals surface area contributed by atoms with Crippen molar-refractivity contribution in [2.45, 2.75) is 31.5 Å². The van der Waals surface area contributed by atoms with E-state index in [9.17, 15) is 18.0 Å². The average Bonchev–Trinajstić information content (AvgIpc) is 2.84. The fourth-order valence-corrected chi connectivity index (χ4v) is 4.36. The lowest BCUT2D eigenvalue weighted by Gasteiger charge is -2.34. The Morgan fingerprint density at radius 1 is 1.09 bits per heavy atom. The summed E-state index contributed by atoms with van der Waals surface area (Å²) in [7, 11) is 3.78. The van der Waals surface area contributed by atoms with Gasteiger partial charge in [-0.25, -0.2) is 9.97 Å². The zero-order valence-electron chi connectivity index (χ0n) is 19.6. The van der Waals surface area contributed by atoms with Gasteiger partial charge in [0.2, 0.25) is 11.9 Å². The van der Waals surface area contributed by atoms with E-state index in [1.807, 2.05) is 48.4 Å². The highest BCUT2D eigenvalue weighted by molar-refractivity contribution is 5.79. The molecule has 2 aromatic carbocycles. The lowest BCUT2D eigenvalue weighted by molar-refractivity contribution is -0.274. The Kier molecular flexibility index (Phi) is 7.23. The van der Waals surface area contributed by atoms with Crippen LogP contribution in [0.15, 0.2) is 60.9 Å². The second-order valence-corrected chi connectivity index (χ2v) is 8.80. The smallest absolute Gasteiger partial charge is 0.406 e. The summed E-state index contributed by atoms with van der Waals surface area (Å²) in [5.74, 6) is 0.458. The number of piperidine rings is 1. The molecule has 184 valence electrons. The van der Waals surface area contributed by atoms with Gasteiger partial charge in [-0.05, 0) is 41.7 Å². The maximum absolute atomic E-state index is 13.0. The molecule has 6 nitrogen and oxygen atoms in total. The van der Waals surface area contributed by atoms with Crippen LogP contribution >= 0.6 is 0 Å². The summed E-state index contributed by atoms with van der Waals surface area (Å²) >= 11 is 0. The van der Waals surface area contributed by atoms with E-state index in [0.717, 1.165) is 29.5 Å². The minimum Gasteiger partial charge on any atom is -0.406 e. The maximum atomic E-state index is 13.0. The molecule has 0 bridgehead atoms. The minimum absolute atomic E-state index is 0.0460. The van der Waals surface area contributed by atoms with Crippen LogP contribution in [0.3, 0.4) is 0 Å². The van der Waals surface area contributed by atoms with Crippen LogP contribution < -0.4 is 9.64 Å². The van der Waals surface area contributed by atoms with Crippen molar-refractivity contribution in [1.82, 2.24) is 14.9 Å². The molecule has 0 saturated carbocycles. The zero-order valence-corrected chi connectivity index (χ0v) is 19.6. The second kappa shape index (κ2) is 10.3. The first-order valence-electron chi connectivity index (χ1n) is 11.4. The highest BCUT2D eigenvalue weighted by Crippen LogP contribution is 2.34. The first-order valence-corrected chi connectivity index (χ1v) is 11.4. The van der Waals surface area contributed by atoms with Crippen LogP contribution in [-0.2, 0) is 11.2 Å². The SMILES string of the molecule is CN(C)c1ncc(-c2ccccc2C2CCCN(C(=O)Cc3ccc(OC(F)(F)F)cc3)C2)cn1. The molecule has 0 spiro atoms. The van der Waals surface area contributed by atoms with Crippen LogP contribution in [0.1, 0.15) is 29.9 Å². The molecular formula is C26H27F3N4O2. The highest BCUT2D eigenvalue weighted by Gasteiger charge is 2.31. The van der Waals surface area contributed by atoms with Crippen LogP contribution in [0.5, 0.6) is 5.75 Å². The van der Waals surface area contributed by atoms with Crippen LogP contribution in [-0.4, -0.2) is 54.3 Å². The standard InChI is InChI=1S/C26H27F3N4O2/c1-32(2)25-30-15-20(16-31-25)23-8-4-3-7-22(23)19-6-5-13-33(17-19)24(34)14-18-9-11-21(12-10-18)35-26(27,28)29/h3-4,7-12,15-16,19H,5-6,13-14,17H2,1-2H3. The number of rotatable bonds is 6. The average molecular weight is 485 g/mol. The molecule has 0 radical (unpaired) electrons. The summed E-state index contributed by atoms with van der Waals surface area (Å²) < 4.78 is 41.0. The third-order valence-corrected chi connectivity index (χ3v) is 6.04. The van der Waals surface area contributed by atoms with E-state index in [2.05, 4.69) is 26.8 Å². The molecule has 0 N–H and O–H groups in total. The van der Waals surface area contributed by atoms with E-state index in [4.69, 9.17) is 0 Å². The number of carbonyl (C=O) groups is 1. The van der Waals surface area contributed by atoms with Crippen molar-refractivity contribution in [1.29, 1.82) is 0 Å². The quantitative estimate of drug-likeness (QED) is 0.490. The summed E-state index contributed by atoms with van der Waals surface area (Å²) in [5.41, 5.74) is 3.78. The Hall–Kier alpha value is -3.62. The number of hydrogen-bond acceptors (Lipinski definition) is 5. The number of carbonyl (C=O) groups excluding carboxylic acids is 1. The van der Waals surface area contributed by atoms with Gasteiger partial charge in [0.25, 0.3) is 0 Å². The van der Waals surface area contributed by atoms with Crippen LogP contribution in [0.2, 0.25) is 0 Å². The normalized spacial score (nSPS) is 16.1. The van der Waals surface area contributed by atoms with Gasteiger partial charge in [0.1, 0.15) is 5.75 Å². The zero-order chi connectivity index (χ0) is 25.0. The van der Waals surface area contributed by atoms with E-state index < -0.39 is 6.36 Å². The number of benzene rings is 2. The maximum Gasteiger partial charge on any atom is 0.573 e. The molecular weight excluding hydrogens is 457 g/mol. The molecule has 1 saturated heterocycles. The number of aromatic nitrogens is 2. The van der Waals surface area contributed by atoms with E-state index in [1.165, 1.54) is 24.3 Å². The highest BCUT2D eigenvalue weighted by atomic mass is 19.4. The largest absolute Gasteiger partial charge is 0.573 e. The van der Waals surface area contributed by atoms with Crippen molar-refractivity contribution in [3.05, 3.63) is 72.1 Å². The second-order valence-electron chi connectivity index (χ2n) is 8.80. The summed E-state index contributed by atoms with van der Waals surface area (Å²) in [6.45, 7) is 1.25.